The highest BCUT2D eigenvalue weighted by Gasteiger charge is 2.24. The van der Waals surface area contributed by atoms with Gasteiger partial charge < -0.3 is 10.8 Å². The van der Waals surface area contributed by atoms with Crippen LogP contribution in [0.5, 0.6) is 5.75 Å². The number of anilines is 1. The number of nitrogens with two attached hydrogens (primary N) is 1. The minimum absolute atomic E-state index is 0.323. The number of benzene rings is 3. The fourth-order valence-corrected chi connectivity index (χ4v) is 4.60. The molecule has 0 saturated carbocycles. The van der Waals surface area contributed by atoms with Crippen molar-refractivity contribution in [1.29, 1.82) is 0 Å². The number of rotatable bonds is 5. The van der Waals surface area contributed by atoms with E-state index in [0.717, 1.165) is 24.3 Å². The van der Waals surface area contributed by atoms with Gasteiger partial charge in [0.2, 0.25) is 0 Å². The average molecular weight is 503 g/mol. The minimum atomic E-state index is -4.98. The molecule has 0 aromatic heterocycles. The lowest BCUT2D eigenvalue weighted by Crippen LogP contribution is -2.04. The van der Waals surface area contributed by atoms with E-state index in [1.165, 1.54) is 12.1 Å². The molecule has 0 aliphatic carbocycles. The molecule has 3 aromatic rings. The molecule has 0 amide bonds. The van der Waals surface area contributed by atoms with E-state index in [0.29, 0.717) is 6.07 Å². The first-order valence-electron chi connectivity index (χ1n) is 8.13. The van der Waals surface area contributed by atoms with Gasteiger partial charge in [0.1, 0.15) is 26.9 Å². The van der Waals surface area contributed by atoms with Crippen molar-refractivity contribution in [3.8, 4) is 5.75 Å². The van der Waals surface area contributed by atoms with E-state index in [1.807, 2.05) is 0 Å². The highest BCUT2D eigenvalue weighted by atomic mass is 32.2. The van der Waals surface area contributed by atoms with Crippen LogP contribution in [0.2, 0.25) is 0 Å². The minimum Gasteiger partial charge on any atom is -0.507 e. The summed E-state index contributed by atoms with van der Waals surface area (Å²) in [7, 11) is -14.5. The maximum atomic E-state index is 11.7. The third-order valence-electron chi connectivity index (χ3n) is 4.14. The molecular formula is C16H13N3O10S3. The molecule has 0 aliphatic rings. The zero-order valence-electron chi connectivity index (χ0n) is 15.5. The van der Waals surface area contributed by atoms with E-state index >= 15 is 0 Å². The molecule has 0 unspecified atom stereocenters. The molecule has 0 bridgehead atoms. The van der Waals surface area contributed by atoms with Crippen LogP contribution >= 0.6 is 0 Å². The Morgan fingerprint density at radius 1 is 0.750 bits per heavy atom. The van der Waals surface area contributed by atoms with Crippen LogP contribution < -0.4 is 5.73 Å². The maximum absolute atomic E-state index is 11.7. The van der Waals surface area contributed by atoms with Crippen molar-refractivity contribution in [3.05, 3.63) is 42.5 Å². The zero-order chi connectivity index (χ0) is 24.1. The molecule has 0 heterocycles. The number of azo groups is 1. The molecular weight excluding hydrogens is 490 g/mol. The summed E-state index contributed by atoms with van der Waals surface area (Å²) in [6.45, 7) is 0. The van der Waals surface area contributed by atoms with E-state index in [2.05, 4.69) is 10.2 Å². The van der Waals surface area contributed by atoms with Gasteiger partial charge in [0, 0.05) is 6.07 Å². The van der Waals surface area contributed by atoms with Crippen LogP contribution in [0, 0.1) is 0 Å². The third-order valence-corrected chi connectivity index (χ3v) is 6.77. The molecule has 0 saturated heterocycles. The molecule has 32 heavy (non-hydrogen) atoms. The van der Waals surface area contributed by atoms with Crippen LogP contribution in [0.4, 0.5) is 17.1 Å². The zero-order valence-corrected chi connectivity index (χ0v) is 17.9. The van der Waals surface area contributed by atoms with Crippen LogP contribution in [0.1, 0.15) is 0 Å². The van der Waals surface area contributed by atoms with Crippen molar-refractivity contribution in [1.82, 2.24) is 0 Å². The van der Waals surface area contributed by atoms with Crippen LogP contribution in [-0.4, -0.2) is 44.0 Å². The summed E-state index contributed by atoms with van der Waals surface area (Å²) in [5, 5.41) is 17.0. The van der Waals surface area contributed by atoms with Gasteiger partial charge in [-0.1, -0.05) is 12.1 Å². The second-order valence-corrected chi connectivity index (χ2v) is 10.5. The van der Waals surface area contributed by atoms with E-state index in [1.54, 1.807) is 0 Å². The molecule has 170 valence electrons. The van der Waals surface area contributed by atoms with Gasteiger partial charge in [0.05, 0.1) is 16.0 Å². The Balaban J connectivity index is 2.41. The first-order chi connectivity index (χ1) is 14.6. The lowest BCUT2D eigenvalue weighted by Gasteiger charge is -2.12. The second kappa shape index (κ2) is 7.76. The maximum Gasteiger partial charge on any atom is 0.296 e. The number of hydrogen-bond donors (Lipinski definition) is 5. The number of nitrogen functional groups attached to an aromatic ring is 1. The Labute approximate surface area is 181 Å². The van der Waals surface area contributed by atoms with Gasteiger partial charge in [0.15, 0.2) is 0 Å². The number of phenolic OH excluding ortho intramolecular Hbond substituents is 1. The van der Waals surface area contributed by atoms with E-state index in [4.69, 9.17) is 5.73 Å². The summed E-state index contributed by atoms with van der Waals surface area (Å²) in [6.07, 6.45) is 0. The van der Waals surface area contributed by atoms with Gasteiger partial charge in [-0.05, 0) is 29.7 Å². The summed E-state index contributed by atoms with van der Waals surface area (Å²) in [5.41, 5.74) is 4.12. The average Bonchev–Trinajstić information content (AvgIpc) is 2.64. The van der Waals surface area contributed by atoms with Crippen molar-refractivity contribution < 1.29 is 44.0 Å². The number of phenols is 1. The van der Waals surface area contributed by atoms with Gasteiger partial charge in [-0.25, -0.2) is 0 Å². The SMILES string of the molecule is Nc1c(S(=O)(=O)O)cc2cc(S(=O)(=O)O)cc(O)c2c1N=Nc1ccccc1S(=O)(=O)O. The molecule has 0 atom stereocenters. The molecule has 6 N–H and O–H groups in total. The number of fused-ring (bicyclic) bond motifs is 1. The Bertz CT molecular complexity index is 1610. The van der Waals surface area contributed by atoms with Crippen LogP contribution in [0.25, 0.3) is 10.8 Å². The summed E-state index contributed by atoms with van der Waals surface area (Å²) in [5.74, 6) is -0.805. The lowest BCUT2D eigenvalue weighted by molar-refractivity contribution is 0.471. The summed E-state index contributed by atoms with van der Waals surface area (Å²) in [6, 6.07) is 6.95. The van der Waals surface area contributed by atoms with Gasteiger partial charge >= 0.3 is 0 Å². The summed E-state index contributed by atoms with van der Waals surface area (Å²) in [4.78, 5) is -2.36. The highest BCUT2D eigenvalue weighted by Crippen LogP contribution is 2.43. The summed E-state index contributed by atoms with van der Waals surface area (Å²) >= 11 is 0. The second-order valence-electron chi connectivity index (χ2n) is 6.27. The third kappa shape index (κ3) is 4.54. The number of hydrogen-bond acceptors (Lipinski definition) is 10. The fraction of sp³-hybridized carbons (Fsp3) is 0. The molecule has 3 aromatic carbocycles. The topological polar surface area (TPSA) is 234 Å². The van der Waals surface area contributed by atoms with E-state index in [-0.39, 0.29) is 16.5 Å². The van der Waals surface area contributed by atoms with Gasteiger partial charge in [0.25, 0.3) is 30.4 Å². The van der Waals surface area contributed by atoms with Crippen molar-refractivity contribution in [2.75, 3.05) is 5.73 Å². The van der Waals surface area contributed by atoms with Gasteiger partial charge in [-0.15, -0.1) is 10.2 Å². The molecule has 0 radical (unpaired) electrons. The predicted octanol–water partition coefficient (Wildman–Crippen LogP) is 2.28. The molecule has 13 nitrogen and oxygen atoms in total. The lowest BCUT2D eigenvalue weighted by atomic mass is 10.1. The summed E-state index contributed by atoms with van der Waals surface area (Å²) < 4.78 is 97.4. The van der Waals surface area contributed by atoms with Crippen LogP contribution in [-0.2, 0) is 30.4 Å². The van der Waals surface area contributed by atoms with Crippen molar-refractivity contribution in [2.45, 2.75) is 14.7 Å². The Morgan fingerprint density at radius 3 is 1.91 bits per heavy atom. The van der Waals surface area contributed by atoms with Crippen molar-refractivity contribution in [2.24, 2.45) is 10.2 Å². The van der Waals surface area contributed by atoms with Crippen molar-refractivity contribution in [3.63, 3.8) is 0 Å². The highest BCUT2D eigenvalue weighted by molar-refractivity contribution is 7.86. The quantitative estimate of drug-likeness (QED) is 0.192. The Hall–Kier alpha value is -3.15. The molecule has 0 spiro atoms. The van der Waals surface area contributed by atoms with Gasteiger partial charge in [-0.2, -0.15) is 25.3 Å². The van der Waals surface area contributed by atoms with Crippen LogP contribution in [0.15, 0.2) is 67.4 Å². The Kier molecular flexibility index (Phi) is 5.71. The number of nitrogens with zero attached hydrogens (tertiary/aromatic N) is 2. The van der Waals surface area contributed by atoms with E-state index in [9.17, 15) is 44.0 Å². The fourth-order valence-electron chi connectivity index (χ4n) is 2.79. The largest absolute Gasteiger partial charge is 0.507 e. The van der Waals surface area contributed by atoms with Gasteiger partial charge in [-0.3, -0.25) is 13.7 Å². The molecule has 3 rings (SSSR count). The van der Waals surface area contributed by atoms with Crippen molar-refractivity contribution >= 4 is 58.2 Å². The first kappa shape index (κ1) is 23.5. The van der Waals surface area contributed by atoms with E-state index < -0.39 is 62.2 Å². The normalized spacial score (nSPS) is 13.1. The molecule has 16 heteroatoms. The monoisotopic (exact) mass is 503 g/mol. The molecule has 0 fully saturated rings. The first-order valence-corrected chi connectivity index (χ1v) is 12.4. The number of aromatic hydroxyl groups is 1. The standard InChI is InChI=1S/C16H13N3O10S3/c17-15-13(32(27,28)29)6-8-5-9(30(21,22)23)7-11(20)14(8)16(15)19-18-10-3-1-2-4-12(10)31(24,25)26/h1-7,20H,17H2,(H,21,22,23)(H,24,25,26)(H,27,28,29). The smallest absolute Gasteiger partial charge is 0.296 e. The predicted molar refractivity (Wildman–Crippen MR) is 110 cm³/mol. The van der Waals surface area contributed by atoms with Crippen LogP contribution in [0.3, 0.4) is 0 Å². The Morgan fingerprint density at radius 2 is 1.34 bits per heavy atom. The molecule has 0 aliphatic heterocycles.